The summed E-state index contributed by atoms with van der Waals surface area (Å²) in [5.41, 5.74) is 2.33. The monoisotopic (exact) mass is 381 g/mol. The summed E-state index contributed by atoms with van der Waals surface area (Å²) in [6.45, 7) is 1.69. The molecule has 7 heteroatoms. The molecule has 0 fully saturated rings. The van der Waals surface area contributed by atoms with E-state index in [2.05, 4.69) is 5.10 Å². The minimum atomic E-state index is -0.260. The lowest BCUT2D eigenvalue weighted by Crippen LogP contribution is -2.21. The van der Waals surface area contributed by atoms with Crippen LogP contribution in [-0.2, 0) is 4.79 Å². The number of carbonyl (C=O) groups excluding carboxylic acids is 1. The average molecular weight is 382 g/mol. The molecule has 0 unspecified atom stereocenters. The molecule has 1 aliphatic rings. The lowest BCUT2D eigenvalue weighted by molar-refractivity contribution is -0.114. The molecule has 0 N–H and O–H groups in total. The SMILES string of the molecule is COc1cc(/C=C2\C(=O)N(c3ccccc3Cl)N=C2C)ccc1OCC#N. The molecule has 0 atom stereocenters. The Morgan fingerprint density at radius 1 is 1.26 bits per heavy atom. The van der Waals surface area contributed by atoms with Crippen molar-refractivity contribution in [1.29, 1.82) is 5.26 Å². The molecule has 3 rings (SSSR count). The number of amides is 1. The van der Waals surface area contributed by atoms with Crippen molar-refractivity contribution in [2.24, 2.45) is 5.10 Å². The second-order valence-electron chi connectivity index (χ2n) is 5.67. The van der Waals surface area contributed by atoms with Crippen LogP contribution in [0, 0.1) is 11.3 Å². The molecule has 2 aromatic carbocycles. The predicted molar refractivity (Wildman–Crippen MR) is 104 cm³/mol. The number of benzene rings is 2. The molecule has 1 amide bonds. The van der Waals surface area contributed by atoms with Crippen LogP contribution in [0.3, 0.4) is 0 Å². The smallest absolute Gasteiger partial charge is 0.280 e. The van der Waals surface area contributed by atoms with Gasteiger partial charge in [0.15, 0.2) is 18.1 Å². The number of hydrazone groups is 1. The summed E-state index contributed by atoms with van der Waals surface area (Å²) >= 11 is 6.19. The molecule has 0 aliphatic carbocycles. The molecule has 0 saturated carbocycles. The largest absolute Gasteiger partial charge is 0.493 e. The minimum Gasteiger partial charge on any atom is -0.493 e. The van der Waals surface area contributed by atoms with E-state index in [-0.39, 0.29) is 12.5 Å². The van der Waals surface area contributed by atoms with Crippen molar-refractivity contribution in [1.82, 2.24) is 0 Å². The number of rotatable bonds is 5. The molecule has 0 aromatic heterocycles. The van der Waals surface area contributed by atoms with Gasteiger partial charge in [-0.25, -0.2) is 0 Å². The van der Waals surface area contributed by atoms with Gasteiger partial charge in [0.25, 0.3) is 5.91 Å². The number of nitrogens with zero attached hydrogens (tertiary/aromatic N) is 3. The maximum Gasteiger partial charge on any atom is 0.280 e. The predicted octanol–water partition coefficient (Wildman–Crippen LogP) is 4.06. The Kier molecular flexibility index (Phi) is 5.43. The summed E-state index contributed by atoms with van der Waals surface area (Å²) in [7, 11) is 1.51. The molecule has 6 nitrogen and oxygen atoms in total. The van der Waals surface area contributed by atoms with Crippen LogP contribution in [0.4, 0.5) is 5.69 Å². The van der Waals surface area contributed by atoms with Crippen molar-refractivity contribution < 1.29 is 14.3 Å². The number of nitriles is 1. The van der Waals surface area contributed by atoms with E-state index in [1.807, 2.05) is 6.07 Å². The van der Waals surface area contributed by atoms with Gasteiger partial charge >= 0.3 is 0 Å². The van der Waals surface area contributed by atoms with Crippen molar-refractivity contribution in [2.45, 2.75) is 6.92 Å². The van der Waals surface area contributed by atoms with E-state index >= 15 is 0 Å². The van der Waals surface area contributed by atoms with Crippen molar-refractivity contribution in [2.75, 3.05) is 18.7 Å². The third-order valence-corrected chi connectivity index (χ3v) is 4.25. The number of halogens is 1. The van der Waals surface area contributed by atoms with Gasteiger partial charge in [0.05, 0.1) is 29.1 Å². The molecule has 27 heavy (non-hydrogen) atoms. The molecule has 0 radical (unpaired) electrons. The minimum absolute atomic E-state index is 0.0756. The Morgan fingerprint density at radius 2 is 2.04 bits per heavy atom. The zero-order valence-electron chi connectivity index (χ0n) is 14.8. The first-order chi connectivity index (χ1) is 13.0. The Bertz CT molecular complexity index is 992. The normalized spacial score (nSPS) is 14.9. The van der Waals surface area contributed by atoms with E-state index in [1.165, 1.54) is 12.1 Å². The summed E-state index contributed by atoms with van der Waals surface area (Å²) < 4.78 is 10.6. The Morgan fingerprint density at radius 3 is 2.74 bits per heavy atom. The number of carbonyl (C=O) groups is 1. The number of anilines is 1. The Hall–Kier alpha value is -3.30. The fourth-order valence-electron chi connectivity index (χ4n) is 2.64. The molecular weight excluding hydrogens is 366 g/mol. The van der Waals surface area contributed by atoms with E-state index in [0.717, 1.165) is 5.56 Å². The van der Waals surface area contributed by atoms with Gasteiger partial charge in [-0.15, -0.1) is 0 Å². The van der Waals surface area contributed by atoms with Crippen LogP contribution in [-0.4, -0.2) is 25.3 Å². The average Bonchev–Trinajstić information content (AvgIpc) is 2.95. The fourth-order valence-corrected chi connectivity index (χ4v) is 2.86. The summed E-state index contributed by atoms with van der Waals surface area (Å²) in [5.74, 6) is 0.675. The molecule has 0 spiro atoms. The quantitative estimate of drug-likeness (QED) is 0.732. The molecule has 1 aliphatic heterocycles. The van der Waals surface area contributed by atoms with E-state index in [4.69, 9.17) is 26.3 Å². The Labute approximate surface area is 161 Å². The summed E-state index contributed by atoms with van der Waals surface area (Å²) in [6, 6.07) is 14.2. The Balaban J connectivity index is 1.92. The van der Waals surface area contributed by atoms with Crippen molar-refractivity contribution in [3.63, 3.8) is 0 Å². The number of hydrogen-bond acceptors (Lipinski definition) is 5. The van der Waals surface area contributed by atoms with Gasteiger partial charge in [-0.2, -0.15) is 15.4 Å². The third-order valence-electron chi connectivity index (χ3n) is 3.93. The van der Waals surface area contributed by atoms with Crippen LogP contribution in [0.1, 0.15) is 12.5 Å². The first-order valence-electron chi connectivity index (χ1n) is 8.09. The molecule has 2 aromatic rings. The molecule has 0 saturated heterocycles. The van der Waals surface area contributed by atoms with Gasteiger partial charge in [0, 0.05) is 0 Å². The second kappa shape index (κ2) is 7.94. The third kappa shape index (κ3) is 3.78. The van der Waals surface area contributed by atoms with E-state index in [9.17, 15) is 4.79 Å². The topological polar surface area (TPSA) is 74.9 Å². The highest BCUT2D eigenvalue weighted by Crippen LogP contribution is 2.32. The zero-order valence-corrected chi connectivity index (χ0v) is 15.5. The maximum atomic E-state index is 12.8. The van der Waals surface area contributed by atoms with Gasteiger partial charge in [-0.05, 0) is 42.8 Å². The van der Waals surface area contributed by atoms with Crippen molar-refractivity contribution in [3.8, 4) is 17.6 Å². The lowest BCUT2D eigenvalue weighted by atomic mass is 10.1. The highest BCUT2D eigenvalue weighted by molar-refractivity contribution is 6.37. The van der Waals surface area contributed by atoms with Crippen LogP contribution >= 0.6 is 11.6 Å². The first-order valence-corrected chi connectivity index (χ1v) is 8.47. The van der Waals surface area contributed by atoms with Gasteiger partial charge in [-0.1, -0.05) is 29.8 Å². The van der Waals surface area contributed by atoms with Crippen LogP contribution < -0.4 is 14.5 Å². The van der Waals surface area contributed by atoms with Crippen LogP contribution in [0.5, 0.6) is 11.5 Å². The number of ether oxygens (including phenoxy) is 2. The highest BCUT2D eigenvalue weighted by atomic mass is 35.5. The van der Waals surface area contributed by atoms with Gasteiger partial charge in [0.2, 0.25) is 0 Å². The highest BCUT2D eigenvalue weighted by Gasteiger charge is 2.29. The lowest BCUT2D eigenvalue weighted by Gasteiger charge is -2.13. The van der Waals surface area contributed by atoms with E-state index in [0.29, 0.717) is 33.5 Å². The number of hydrogen-bond donors (Lipinski definition) is 0. The maximum absolute atomic E-state index is 12.8. The van der Waals surface area contributed by atoms with Gasteiger partial charge < -0.3 is 9.47 Å². The summed E-state index contributed by atoms with van der Waals surface area (Å²) in [6.07, 6.45) is 1.73. The van der Waals surface area contributed by atoms with E-state index < -0.39 is 0 Å². The van der Waals surface area contributed by atoms with Crippen LogP contribution in [0.2, 0.25) is 5.02 Å². The molecule has 136 valence electrons. The first kappa shape index (κ1) is 18.5. The summed E-state index contributed by atoms with van der Waals surface area (Å²) in [5, 5.41) is 14.7. The molecule has 0 bridgehead atoms. The second-order valence-corrected chi connectivity index (χ2v) is 6.08. The van der Waals surface area contributed by atoms with Crippen LogP contribution in [0.25, 0.3) is 6.08 Å². The zero-order chi connectivity index (χ0) is 19.4. The standard InChI is InChI=1S/C20H16ClN3O3/c1-13-15(20(25)24(23-13)17-6-4-3-5-16(17)21)11-14-7-8-18(27-10-9-22)19(12-14)26-2/h3-8,11-12H,10H2,1-2H3/b15-11-. The molecular formula is C20H16ClN3O3. The molecule has 1 heterocycles. The number of methoxy groups -OCH3 is 1. The fraction of sp³-hybridized carbons (Fsp3) is 0.150. The number of para-hydroxylation sites is 1. The van der Waals surface area contributed by atoms with Crippen molar-refractivity contribution >= 4 is 35.0 Å². The van der Waals surface area contributed by atoms with Crippen LogP contribution in [0.15, 0.2) is 53.1 Å². The summed E-state index contributed by atoms with van der Waals surface area (Å²) in [4.78, 5) is 12.8. The van der Waals surface area contributed by atoms with Crippen molar-refractivity contribution in [3.05, 3.63) is 58.6 Å². The van der Waals surface area contributed by atoms with E-state index in [1.54, 1.807) is 55.5 Å². The van der Waals surface area contributed by atoms with Gasteiger partial charge in [0.1, 0.15) is 6.07 Å². The van der Waals surface area contributed by atoms with Gasteiger partial charge in [-0.3, -0.25) is 4.79 Å².